The molecule has 2 rings (SSSR count). The van der Waals surface area contributed by atoms with Gasteiger partial charge >= 0.3 is 0 Å². The summed E-state index contributed by atoms with van der Waals surface area (Å²) in [6.07, 6.45) is 4.94. The molecule has 2 saturated heterocycles. The Morgan fingerprint density at radius 2 is 1.75 bits per heavy atom. The molecule has 0 aliphatic carbocycles. The predicted molar refractivity (Wildman–Crippen MR) is 64.4 cm³/mol. The molecule has 4 heteroatoms. The monoisotopic (exact) mass is 225 g/mol. The van der Waals surface area contributed by atoms with E-state index in [1.165, 1.54) is 19.3 Å². The lowest BCUT2D eigenvalue weighted by Gasteiger charge is -2.28. The van der Waals surface area contributed by atoms with Gasteiger partial charge in [0.15, 0.2) is 0 Å². The number of rotatable bonds is 2. The maximum absolute atomic E-state index is 12.1. The molecule has 92 valence electrons. The van der Waals surface area contributed by atoms with Crippen molar-refractivity contribution in [3.8, 4) is 0 Å². The Labute approximate surface area is 98.0 Å². The van der Waals surface area contributed by atoms with E-state index in [2.05, 4.69) is 10.2 Å². The second-order valence-corrected chi connectivity index (χ2v) is 4.82. The van der Waals surface area contributed by atoms with Gasteiger partial charge in [0.25, 0.3) is 0 Å². The quantitative estimate of drug-likeness (QED) is 0.734. The van der Waals surface area contributed by atoms with Crippen LogP contribution >= 0.6 is 0 Å². The van der Waals surface area contributed by atoms with Crippen molar-refractivity contribution < 1.29 is 4.79 Å². The van der Waals surface area contributed by atoms with E-state index in [4.69, 9.17) is 0 Å². The first-order chi connectivity index (χ1) is 7.86. The third-order valence-electron chi connectivity index (χ3n) is 3.50. The van der Waals surface area contributed by atoms with Crippen LogP contribution in [0.5, 0.6) is 0 Å². The molecule has 0 atom stereocenters. The van der Waals surface area contributed by atoms with Crippen molar-refractivity contribution in [1.29, 1.82) is 0 Å². The minimum absolute atomic E-state index is 0.325. The first-order valence-corrected chi connectivity index (χ1v) is 6.57. The zero-order valence-electron chi connectivity index (χ0n) is 10.1. The SMILES string of the molecule is O=C(CN1CCCCC1)N1CCCNCC1. The van der Waals surface area contributed by atoms with Crippen LogP contribution in [0.3, 0.4) is 0 Å². The van der Waals surface area contributed by atoms with Gasteiger partial charge in [0.1, 0.15) is 0 Å². The van der Waals surface area contributed by atoms with Gasteiger partial charge in [-0.15, -0.1) is 0 Å². The van der Waals surface area contributed by atoms with E-state index in [1.807, 2.05) is 4.90 Å². The van der Waals surface area contributed by atoms with Gasteiger partial charge < -0.3 is 10.2 Å². The molecule has 2 heterocycles. The van der Waals surface area contributed by atoms with E-state index in [0.29, 0.717) is 12.5 Å². The Hall–Kier alpha value is -0.610. The summed E-state index contributed by atoms with van der Waals surface area (Å²) in [5.74, 6) is 0.325. The van der Waals surface area contributed by atoms with Crippen LogP contribution < -0.4 is 5.32 Å². The lowest BCUT2D eigenvalue weighted by atomic mass is 10.1. The van der Waals surface area contributed by atoms with Gasteiger partial charge in [0, 0.05) is 19.6 Å². The fourth-order valence-electron chi connectivity index (χ4n) is 2.50. The second kappa shape index (κ2) is 6.21. The molecule has 16 heavy (non-hydrogen) atoms. The maximum atomic E-state index is 12.1. The summed E-state index contributed by atoms with van der Waals surface area (Å²) in [5, 5.41) is 3.33. The minimum atomic E-state index is 0.325. The van der Waals surface area contributed by atoms with E-state index in [-0.39, 0.29) is 0 Å². The van der Waals surface area contributed by atoms with E-state index in [9.17, 15) is 4.79 Å². The highest BCUT2D eigenvalue weighted by atomic mass is 16.2. The van der Waals surface area contributed by atoms with Crippen molar-refractivity contribution in [3.63, 3.8) is 0 Å². The van der Waals surface area contributed by atoms with Gasteiger partial charge in [-0.3, -0.25) is 9.69 Å². The fourth-order valence-corrected chi connectivity index (χ4v) is 2.50. The van der Waals surface area contributed by atoms with Crippen molar-refractivity contribution in [2.75, 3.05) is 45.8 Å². The third kappa shape index (κ3) is 3.46. The zero-order chi connectivity index (χ0) is 11.2. The second-order valence-electron chi connectivity index (χ2n) is 4.82. The van der Waals surface area contributed by atoms with Gasteiger partial charge in [-0.05, 0) is 38.9 Å². The number of nitrogens with one attached hydrogen (secondary N) is 1. The van der Waals surface area contributed by atoms with E-state index in [0.717, 1.165) is 45.7 Å². The summed E-state index contributed by atoms with van der Waals surface area (Å²) in [6.45, 7) is 6.67. The Morgan fingerprint density at radius 3 is 2.56 bits per heavy atom. The van der Waals surface area contributed by atoms with Gasteiger partial charge in [-0.2, -0.15) is 0 Å². The van der Waals surface area contributed by atoms with E-state index >= 15 is 0 Å². The molecule has 1 amide bonds. The third-order valence-corrected chi connectivity index (χ3v) is 3.50. The molecule has 0 bridgehead atoms. The van der Waals surface area contributed by atoms with Crippen LogP contribution in [0.2, 0.25) is 0 Å². The van der Waals surface area contributed by atoms with E-state index < -0.39 is 0 Å². The van der Waals surface area contributed by atoms with Crippen LogP contribution in [-0.2, 0) is 4.79 Å². The van der Waals surface area contributed by atoms with Crippen molar-refractivity contribution in [2.24, 2.45) is 0 Å². The first-order valence-electron chi connectivity index (χ1n) is 6.57. The first kappa shape index (κ1) is 11.9. The lowest BCUT2D eigenvalue weighted by molar-refractivity contribution is -0.132. The van der Waals surface area contributed by atoms with E-state index in [1.54, 1.807) is 0 Å². The topological polar surface area (TPSA) is 35.6 Å². The average Bonchev–Trinajstić information content (AvgIpc) is 2.59. The summed E-state index contributed by atoms with van der Waals surface area (Å²) in [7, 11) is 0. The summed E-state index contributed by atoms with van der Waals surface area (Å²) in [6, 6.07) is 0. The molecule has 0 aromatic rings. The summed E-state index contributed by atoms with van der Waals surface area (Å²) in [4.78, 5) is 16.4. The summed E-state index contributed by atoms with van der Waals surface area (Å²) >= 11 is 0. The Kier molecular flexibility index (Phi) is 4.60. The Bertz CT molecular complexity index is 218. The molecular weight excluding hydrogens is 202 g/mol. The highest BCUT2D eigenvalue weighted by molar-refractivity contribution is 5.78. The molecule has 1 N–H and O–H groups in total. The van der Waals surface area contributed by atoms with Crippen LogP contribution in [0.15, 0.2) is 0 Å². The standard InChI is InChI=1S/C12H23N3O/c16-12(11-14-7-2-1-3-8-14)15-9-4-5-13-6-10-15/h13H,1-11H2. The van der Waals surface area contributed by atoms with Crippen LogP contribution in [0.1, 0.15) is 25.7 Å². The maximum Gasteiger partial charge on any atom is 0.236 e. The Balaban J connectivity index is 1.76. The van der Waals surface area contributed by atoms with Crippen molar-refractivity contribution in [2.45, 2.75) is 25.7 Å². The number of nitrogens with zero attached hydrogens (tertiary/aromatic N) is 2. The molecule has 2 fully saturated rings. The number of amides is 1. The van der Waals surface area contributed by atoms with Crippen molar-refractivity contribution in [3.05, 3.63) is 0 Å². The van der Waals surface area contributed by atoms with Gasteiger partial charge in [-0.25, -0.2) is 0 Å². The van der Waals surface area contributed by atoms with Gasteiger partial charge in [0.2, 0.25) is 5.91 Å². The number of piperidine rings is 1. The predicted octanol–water partition coefficient (Wildman–Crippen LogP) is 0.294. The average molecular weight is 225 g/mol. The zero-order valence-corrected chi connectivity index (χ0v) is 10.1. The molecule has 0 saturated carbocycles. The Morgan fingerprint density at radius 1 is 0.938 bits per heavy atom. The number of likely N-dealkylation sites (tertiary alicyclic amines) is 1. The summed E-state index contributed by atoms with van der Waals surface area (Å²) in [5.41, 5.74) is 0. The van der Waals surface area contributed by atoms with Crippen LogP contribution in [0, 0.1) is 0 Å². The largest absolute Gasteiger partial charge is 0.340 e. The molecular formula is C12H23N3O. The van der Waals surface area contributed by atoms with Crippen LogP contribution in [-0.4, -0.2) is 61.5 Å². The highest BCUT2D eigenvalue weighted by Crippen LogP contribution is 2.09. The fraction of sp³-hybridized carbons (Fsp3) is 0.917. The number of hydrogen-bond donors (Lipinski definition) is 1. The lowest BCUT2D eigenvalue weighted by Crippen LogP contribution is -2.43. The number of hydrogen-bond acceptors (Lipinski definition) is 3. The van der Waals surface area contributed by atoms with Crippen molar-refractivity contribution >= 4 is 5.91 Å². The van der Waals surface area contributed by atoms with Crippen molar-refractivity contribution in [1.82, 2.24) is 15.1 Å². The van der Waals surface area contributed by atoms with Gasteiger partial charge in [0.05, 0.1) is 6.54 Å². The highest BCUT2D eigenvalue weighted by Gasteiger charge is 2.19. The van der Waals surface area contributed by atoms with Crippen LogP contribution in [0.4, 0.5) is 0 Å². The molecule has 4 nitrogen and oxygen atoms in total. The minimum Gasteiger partial charge on any atom is -0.340 e. The molecule has 0 aromatic carbocycles. The molecule has 2 aliphatic rings. The molecule has 0 aromatic heterocycles. The molecule has 0 radical (unpaired) electrons. The van der Waals surface area contributed by atoms with Crippen LogP contribution in [0.25, 0.3) is 0 Å². The smallest absolute Gasteiger partial charge is 0.236 e. The number of carbonyl (C=O) groups excluding carboxylic acids is 1. The molecule has 0 unspecified atom stereocenters. The molecule has 0 spiro atoms. The number of carbonyl (C=O) groups is 1. The summed E-state index contributed by atoms with van der Waals surface area (Å²) < 4.78 is 0. The molecule has 2 aliphatic heterocycles. The van der Waals surface area contributed by atoms with Gasteiger partial charge in [-0.1, -0.05) is 6.42 Å². The normalized spacial score (nSPS) is 24.1.